The van der Waals surface area contributed by atoms with Crippen molar-refractivity contribution < 1.29 is 0 Å². The van der Waals surface area contributed by atoms with Gasteiger partial charge in [0.15, 0.2) is 0 Å². The quantitative estimate of drug-likeness (QED) is 0.790. The van der Waals surface area contributed by atoms with E-state index in [1.165, 1.54) is 21.1 Å². The first kappa shape index (κ1) is 9.46. The van der Waals surface area contributed by atoms with Gasteiger partial charge in [0, 0.05) is 9.11 Å². The summed E-state index contributed by atoms with van der Waals surface area (Å²) >= 11 is 2.34. The van der Waals surface area contributed by atoms with E-state index in [9.17, 15) is 0 Å². The minimum atomic E-state index is -0.00553. The zero-order valence-corrected chi connectivity index (χ0v) is 9.97. The summed E-state index contributed by atoms with van der Waals surface area (Å²) in [5.41, 5.74) is 8.96. The van der Waals surface area contributed by atoms with Crippen LogP contribution in [0.5, 0.6) is 0 Å². The van der Waals surface area contributed by atoms with E-state index in [4.69, 9.17) is 5.73 Å². The van der Waals surface area contributed by atoms with Crippen molar-refractivity contribution in [2.75, 3.05) is 0 Å². The van der Waals surface area contributed by atoms with Gasteiger partial charge in [0.05, 0.1) is 0 Å². The molecule has 0 bridgehead atoms. The van der Waals surface area contributed by atoms with Crippen LogP contribution >= 0.6 is 22.6 Å². The summed E-state index contributed by atoms with van der Waals surface area (Å²) in [6.45, 7) is 2.16. The predicted molar refractivity (Wildman–Crippen MR) is 63.6 cm³/mol. The highest BCUT2D eigenvalue weighted by molar-refractivity contribution is 14.1. The second kappa shape index (κ2) is 3.24. The number of aryl methyl sites for hydroxylation is 1. The van der Waals surface area contributed by atoms with Gasteiger partial charge in [-0.2, -0.15) is 0 Å². The van der Waals surface area contributed by atoms with Gasteiger partial charge in [-0.25, -0.2) is 0 Å². The molecule has 70 valence electrons. The van der Waals surface area contributed by atoms with Crippen LogP contribution in [0.2, 0.25) is 0 Å². The molecule has 0 atom stereocenters. The van der Waals surface area contributed by atoms with E-state index in [1.807, 2.05) is 0 Å². The Hall–Kier alpha value is -0.0900. The molecule has 2 rings (SSSR count). The summed E-state index contributed by atoms with van der Waals surface area (Å²) in [6.07, 6.45) is 3.57. The van der Waals surface area contributed by atoms with Gasteiger partial charge in [0.2, 0.25) is 0 Å². The van der Waals surface area contributed by atoms with Crippen LogP contribution in [0.4, 0.5) is 0 Å². The Morgan fingerprint density at radius 2 is 2.08 bits per heavy atom. The fourth-order valence-electron chi connectivity index (χ4n) is 2.01. The molecule has 0 radical (unpaired) electrons. The molecule has 0 heterocycles. The lowest BCUT2D eigenvalue weighted by atomic mass is 9.71. The van der Waals surface area contributed by atoms with Crippen molar-refractivity contribution in [3.05, 3.63) is 32.9 Å². The van der Waals surface area contributed by atoms with Crippen LogP contribution < -0.4 is 5.73 Å². The molecule has 0 aliphatic heterocycles. The van der Waals surface area contributed by atoms with Gasteiger partial charge in [0.1, 0.15) is 0 Å². The molecule has 0 unspecified atom stereocenters. The highest BCUT2D eigenvalue weighted by Gasteiger charge is 2.35. The summed E-state index contributed by atoms with van der Waals surface area (Å²) in [5.74, 6) is 0. The summed E-state index contributed by atoms with van der Waals surface area (Å²) in [5, 5.41) is 0. The molecule has 1 aliphatic carbocycles. The van der Waals surface area contributed by atoms with Gasteiger partial charge < -0.3 is 5.73 Å². The first-order chi connectivity index (χ1) is 6.12. The van der Waals surface area contributed by atoms with Crippen LogP contribution in [0.15, 0.2) is 18.2 Å². The molecular formula is C11H14IN. The maximum atomic E-state index is 6.27. The molecule has 1 aromatic carbocycles. The number of halogens is 1. The smallest absolute Gasteiger partial charge is 0.0412 e. The van der Waals surface area contributed by atoms with Crippen molar-refractivity contribution in [3.8, 4) is 0 Å². The second-order valence-corrected chi connectivity index (χ2v) is 5.21. The summed E-state index contributed by atoms with van der Waals surface area (Å²) in [4.78, 5) is 0. The molecular weight excluding hydrogens is 273 g/mol. The molecule has 0 aromatic heterocycles. The van der Waals surface area contributed by atoms with Crippen molar-refractivity contribution in [1.82, 2.24) is 0 Å². The van der Waals surface area contributed by atoms with Gasteiger partial charge in [-0.15, -0.1) is 0 Å². The average Bonchev–Trinajstić information content (AvgIpc) is 2.00. The lowest BCUT2D eigenvalue weighted by Crippen LogP contribution is -2.43. The van der Waals surface area contributed by atoms with Gasteiger partial charge in [-0.05, 0) is 72.0 Å². The fourth-order valence-corrected chi connectivity index (χ4v) is 2.66. The van der Waals surface area contributed by atoms with Gasteiger partial charge in [-0.3, -0.25) is 0 Å². The zero-order chi connectivity index (χ0) is 9.47. The van der Waals surface area contributed by atoms with Crippen LogP contribution in [0.3, 0.4) is 0 Å². The molecule has 2 N–H and O–H groups in total. The lowest BCUT2D eigenvalue weighted by molar-refractivity contribution is 0.252. The van der Waals surface area contributed by atoms with Gasteiger partial charge >= 0.3 is 0 Å². The zero-order valence-electron chi connectivity index (χ0n) is 7.81. The van der Waals surface area contributed by atoms with Crippen LogP contribution in [0.25, 0.3) is 0 Å². The van der Waals surface area contributed by atoms with Crippen LogP contribution in [0.1, 0.15) is 30.4 Å². The van der Waals surface area contributed by atoms with E-state index in [0.29, 0.717) is 0 Å². The van der Waals surface area contributed by atoms with E-state index in [0.717, 1.165) is 12.8 Å². The van der Waals surface area contributed by atoms with E-state index in [-0.39, 0.29) is 5.54 Å². The monoisotopic (exact) mass is 287 g/mol. The van der Waals surface area contributed by atoms with Crippen LogP contribution in [-0.4, -0.2) is 0 Å². The normalized spacial score (nSPS) is 19.6. The van der Waals surface area contributed by atoms with E-state index in [2.05, 4.69) is 47.7 Å². The van der Waals surface area contributed by atoms with Crippen molar-refractivity contribution in [1.29, 1.82) is 0 Å². The number of hydrogen-bond donors (Lipinski definition) is 1. The Morgan fingerprint density at radius 1 is 1.38 bits per heavy atom. The topological polar surface area (TPSA) is 26.0 Å². The van der Waals surface area contributed by atoms with Gasteiger partial charge in [-0.1, -0.05) is 6.07 Å². The SMILES string of the molecule is Cc1cc(I)ccc1C1(N)CCC1. The minimum Gasteiger partial charge on any atom is -0.321 e. The Labute approximate surface area is 92.9 Å². The largest absolute Gasteiger partial charge is 0.321 e. The minimum absolute atomic E-state index is 0.00553. The van der Waals surface area contributed by atoms with Crippen molar-refractivity contribution in [2.24, 2.45) is 5.73 Å². The first-order valence-corrected chi connectivity index (χ1v) is 5.75. The Kier molecular flexibility index (Phi) is 2.36. The summed E-state index contributed by atoms with van der Waals surface area (Å²) in [7, 11) is 0. The highest BCUT2D eigenvalue weighted by atomic mass is 127. The highest BCUT2D eigenvalue weighted by Crippen LogP contribution is 2.40. The number of rotatable bonds is 1. The van der Waals surface area contributed by atoms with Crippen molar-refractivity contribution in [3.63, 3.8) is 0 Å². The maximum Gasteiger partial charge on any atom is 0.0412 e. The molecule has 2 heteroatoms. The number of benzene rings is 1. The Morgan fingerprint density at radius 3 is 2.54 bits per heavy atom. The first-order valence-electron chi connectivity index (χ1n) is 4.67. The molecule has 1 saturated carbocycles. The second-order valence-electron chi connectivity index (χ2n) is 3.97. The number of nitrogens with two attached hydrogens (primary N) is 1. The fraction of sp³-hybridized carbons (Fsp3) is 0.455. The Bertz CT molecular complexity index is 329. The standard InChI is InChI=1S/C11H14IN/c1-8-7-9(12)3-4-10(8)11(13)5-2-6-11/h3-4,7H,2,5-6,13H2,1H3. The van der Waals surface area contributed by atoms with Crippen LogP contribution in [0, 0.1) is 10.5 Å². The third-order valence-corrected chi connectivity index (χ3v) is 3.64. The number of hydrogen-bond acceptors (Lipinski definition) is 1. The lowest BCUT2D eigenvalue weighted by Gasteiger charge is -2.39. The van der Waals surface area contributed by atoms with E-state index in [1.54, 1.807) is 0 Å². The van der Waals surface area contributed by atoms with E-state index < -0.39 is 0 Å². The molecule has 1 aliphatic rings. The van der Waals surface area contributed by atoms with Crippen molar-refractivity contribution in [2.45, 2.75) is 31.7 Å². The maximum absolute atomic E-state index is 6.27. The van der Waals surface area contributed by atoms with Crippen molar-refractivity contribution >= 4 is 22.6 Å². The summed E-state index contributed by atoms with van der Waals surface area (Å²) in [6, 6.07) is 6.55. The van der Waals surface area contributed by atoms with Gasteiger partial charge in [0.25, 0.3) is 0 Å². The molecule has 0 saturated heterocycles. The predicted octanol–water partition coefficient (Wildman–Crippen LogP) is 2.94. The third-order valence-electron chi connectivity index (χ3n) is 2.97. The molecule has 1 aromatic rings. The molecule has 0 amide bonds. The Balaban J connectivity index is 2.40. The van der Waals surface area contributed by atoms with Crippen LogP contribution in [-0.2, 0) is 5.54 Å². The molecule has 0 spiro atoms. The molecule has 13 heavy (non-hydrogen) atoms. The third kappa shape index (κ3) is 1.62. The molecule has 1 fully saturated rings. The van der Waals surface area contributed by atoms with E-state index >= 15 is 0 Å². The molecule has 1 nitrogen and oxygen atoms in total. The average molecular weight is 287 g/mol. The summed E-state index contributed by atoms with van der Waals surface area (Å²) < 4.78 is 1.29.